The standard InChI is InChI=1S/C23H25F3N2O5S/c1-4-16-11-17(19(29)14-6-8-15(9-7-14)33-23(24,25)26)21(34-16)27-20(30)13(3)28-12(2)5-10-18(28)22(31)32/h6-9,11-13,18H,4-5,10H2,1-3H3,(H,27,30)(H,31,32)/t12-,13?,18+/m0/s1. The van der Waals surface area contributed by atoms with Crippen molar-refractivity contribution in [2.45, 2.75) is 64.5 Å². The van der Waals surface area contributed by atoms with E-state index in [9.17, 15) is 32.7 Å². The van der Waals surface area contributed by atoms with Crippen LogP contribution in [-0.4, -0.2) is 52.2 Å². The van der Waals surface area contributed by atoms with Crippen LogP contribution in [0.5, 0.6) is 5.75 Å². The fourth-order valence-corrected chi connectivity index (χ4v) is 5.10. The van der Waals surface area contributed by atoms with Gasteiger partial charge in [-0.25, -0.2) is 0 Å². The van der Waals surface area contributed by atoms with E-state index in [0.717, 1.165) is 17.0 Å². The number of carbonyl (C=O) groups is 3. The van der Waals surface area contributed by atoms with E-state index < -0.39 is 41.9 Å². The highest BCUT2D eigenvalue weighted by atomic mass is 32.1. The van der Waals surface area contributed by atoms with E-state index in [1.54, 1.807) is 17.9 Å². The lowest BCUT2D eigenvalue weighted by Crippen LogP contribution is -2.50. The van der Waals surface area contributed by atoms with E-state index in [-0.39, 0.29) is 17.2 Å². The monoisotopic (exact) mass is 498 g/mol. The molecule has 1 aliphatic rings. The van der Waals surface area contributed by atoms with Gasteiger partial charge in [-0.15, -0.1) is 24.5 Å². The third-order valence-corrected chi connectivity index (χ3v) is 7.00. The third kappa shape index (κ3) is 5.76. The Morgan fingerprint density at radius 3 is 2.44 bits per heavy atom. The first-order valence-corrected chi connectivity index (χ1v) is 11.6. The van der Waals surface area contributed by atoms with Gasteiger partial charge in [-0.2, -0.15) is 0 Å². The van der Waals surface area contributed by atoms with Crippen LogP contribution < -0.4 is 10.1 Å². The molecule has 1 aromatic heterocycles. The molecule has 1 amide bonds. The molecule has 0 radical (unpaired) electrons. The van der Waals surface area contributed by atoms with Gasteiger partial charge in [0, 0.05) is 16.5 Å². The number of ether oxygens (including phenoxy) is 1. The summed E-state index contributed by atoms with van der Waals surface area (Å²) in [6.45, 7) is 5.39. The van der Waals surface area contributed by atoms with Crippen LogP contribution >= 0.6 is 11.3 Å². The van der Waals surface area contributed by atoms with Gasteiger partial charge >= 0.3 is 12.3 Å². The lowest BCUT2D eigenvalue weighted by atomic mass is 10.0. The largest absolute Gasteiger partial charge is 0.573 e. The van der Waals surface area contributed by atoms with E-state index in [1.165, 1.54) is 23.5 Å². The maximum Gasteiger partial charge on any atom is 0.573 e. The number of aliphatic carboxylic acids is 1. The second-order valence-corrected chi connectivity index (χ2v) is 9.24. The van der Waals surface area contributed by atoms with Gasteiger partial charge in [0.2, 0.25) is 5.91 Å². The number of carboxylic acid groups (broad SMARTS) is 1. The van der Waals surface area contributed by atoms with Crippen LogP contribution in [0.15, 0.2) is 30.3 Å². The van der Waals surface area contributed by atoms with Crippen LogP contribution in [0.25, 0.3) is 0 Å². The number of carboxylic acids is 1. The summed E-state index contributed by atoms with van der Waals surface area (Å²) in [6, 6.07) is 4.61. The van der Waals surface area contributed by atoms with Gasteiger partial charge < -0.3 is 15.2 Å². The van der Waals surface area contributed by atoms with Gasteiger partial charge in [0.15, 0.2) is 5.78 Å². The summed E-state index contributed by atoms with van der Waals surface area (Å²) in [6.07, 6.45) is -3.12. The zero-order valence-corrected chi connectivity index (χ0v) is 19.6. The van der Waals surface area contributed by atoms with Crippen LogP contribution in [0.1, 0.15) is 54.4 Å². The van der Waals surface area contributed by atoms with Crippen LogP contribution in [0.3, 0.4) is 0 Å². The van der Waals surface area contributed by atoms with Gasteiger partial charge in [0.25, 0.3) is 0 Å². The molecule has 11 heteroatoms. The topological polar surface area (TPSA) is 95.9 Å². The number of amides is 1. The van der Waals surface area contributed by atoms with Gasteiger partial charge in [-0.1, -0.05) is 6.92 Å². The van der Waals surface area contributed by atoms with Crippen molar-refractivity contribution in [2.75, 3.05) is 5.32 Å². The van der Waals surface area contributed by atoms with E-state index in [1.807, 2.05) is 13.8 Å². The van der Waals surface area contributed by atoms with Crippen molar-refractivity contribution in [1.82, 2.24) is 4.90 Å². The van der Waals surface area contributed by atoms with E-state index in [2.05, 4.69) is 10.1 Å². The molecule has 1 aromatic carbocycles. The second kappa shape index (κ2) is 10.1. The summed E-state index contributed by atoms with van der Waals surface area (Å²) < 4.78 is 41.0. The van der Waals surface area contributed by atoms with Gasteiger partial charge in [-0.3, -0.25) is 19.3 Å². The number of hydrogen-bond acceptors (Lipinski definition) is 6. The van der Waals surface area contributed by atoms with Crippen LogP contribution in [-0.2, 0) is 16.0 Å². The zero-order valence-electron chi connectivity index (χ0n) is 18.8. The summed E-state index contributed by atoms with van der Waals surface area (Å²) in [5, 5.41) is 12.6. The molecule has 1 aliphatic heterocycles. The van der Waals surface area contributed by atoms with Gasteiger partial charge in [-0.05, 0) is 63.4 Å². The third-order valence-electron chi connectivity index (χ3n) is 5.80. The maximum absolute atomic E-state index is 13.1. The Balaban J connectivity index is 1.81. The molecule has 0 saturated carbocycles. The fourth-order valence-electron chi connectivity index (χ4n) is 4.10. The Labute approximate surface area is 198 Å². The number of benzene rings is 1. The average molecular weight is 499 g/mol. The molecule has 1 fully saturated rings. The van der Waals surface area contributed by atoms with E-state index in [0.29, 0.717) is 24.3 Å². The SMILES string of the molecule is CCc1cc(C(=O)c2ccc(OC(F)(F)F)cc2)c(NC(=O)C(C)N2[C@@H](C(=O)O)CC[C@@H]2C)s1. The number of nitrogens with zero attached hydrogens (tertiary/aromatic N) is 1. The molecule has 34 heavy (non-hydrogen) atoms. The van der Waals surface area contributed by atoms with Crippen molar-refractivity contribution in [3.8, 4) is 5.75 Å². The Bertz CT molecular complexity index is 1070. The fraction of sp³-hybridized carbons (Fsp3) is 0.435. The summed E-state index contributed by atoms with van der Waals surface area (Å²) >= 11 is 1.23. The van der Waals surface area contributed by atoms with Crippen molar-refractivity contribution < 1.29 is 37.4 Å². The number of likely N-dealkylation sites (tertiary alicyclic amines) is 1. The zero-order chi connectivity index (χ0) is 25.2. The second-order valence-electron chi connectivity index (χ2n) is 8.10. The number of thiophene rings is 1. The van der Waals surface area contributed by atoms with E-state index >= 15 is 0 Å². The van der Waals surface area contributed by atoms with E-state index in [4.69, 9.17) is 0 Å². The first kappa shape index (κ1) is 25.7. The van der Waals surface area contributed by atoms with Crippen molar-refractivity contribution >= 4 is 34.0 Å². The number of ketones is 1. The molecule has 7 nitrogen and oxygen atoms in total. The van der Waals surface area contributed by atoms with Gasteiger partial charge in [0.05, 0.1) is 11.6 Å². The number of halogens is 3. The molecular weight excluding hydrogens is 473 g/mol. The molecular formula is C23H25F3N2O5S. The van der Waals surface area contributed by atoms with Crippen LogP contribution in [0.4, 0.5) is 18.2 Å². The molecule has 0 spiro atoms. The quantitative estimate of drug-likeness (QED) is 0.512. The highest BCUT2D eigenvalue weighted by Gasteiger charge is 2.41. The summed E-state index contributed by atoms with van der Waals surface area (Å²) in [7, 11) is 0. The summed E-state index contributed by atoms with van der Waals surface area (Å²) in [5.74, 6) is -2.33. The molecule has 184 valence electrons. The molecule has 1 unspecified atom stereocenters. The molecule has 0 bridgehead atoms. The molecule has 2 aromatic rings. The number of aryl methyl sites for hydroxylation is 1. The molecule has 2 N–H and O–H groups in total. The normalized spacial score (nSPS) is 19.6. The lowest BCUT2D eigenvalue weighted by Gasteiger charge is -2.31. The molecule has 3 atom stereocenters. The first-order valence-electron chi connectivity index (χ1n) is 10.8. The van der Waals surface area contributed by atoms with Crippen molar-refractivity contribution in [3.63, 3.8) is 0 Å². The highest BCUT2D eigenvalue weighted by molar-refractivity contribution is 7.16. The average Bonchev–Trinajstić information content (AvgIpc) is 3.35. The highest BCUT2D eigenvalue weighted by Crippen LogP contribution is 2.33. The van der Waals surface area contributed by atoms with Crippen molar-refractivity contribution in [1.29, 1.82) is 0 Å². The number of rotatable bonds is 8. The molecule has 2 heterocycles. The Kier molecular flexibility index (Phi) is 7.67. The Hall–Kier alpha value is -2.92. The smallest absolute Gasteiger partial charge is 0.480 e. The minimum Gasteiger partial charge on any atom is -0.480 e. The predicted octanol–water partition coefficient (Wildman–Crippen LogP) is 4.70. The number of carbonyl (C=O) groups excluding carboxylic acids is 2. The number of anilines is 1. The predicted molar refractivity (Wildman–Crippen MR) is 120 cm³/mol. The Morgan fingerprint density at radius 1 is 1.24 bits per heavy atom. The minimum atomic E-state index is -4.84. The molecule has 1 saturated heterocycles. The first-order chi connectivity index (χ1) is 15.9. The number of hydrogen-bond donors (Lipinski definition) is 2. The number of nitrogens with one attached hydrogen (secondary N) is 1. The molecule has 3 rings (SSSR count). The number of alkyl halides is 3. The summed E-state index contributed by atoms with van der Waals surface area (Å²) in [4.78, 5) is 40.2. The van der Waals surface area contributed by atoms with Crippen molar-refractivity contribution in [2.24, 2.45) is 0 Å². The molecule has 0 aliphatic carbocycles. The van der Waals surface area contributed by atoms with Crippen molar-refractivity contribution in [3.05, 3.63) is 46.3 Å². The van der Waals surface area contributed by atoms with Gasteiger partial charge in [0.1, 0.15) is 16.8 Å². The van der Waals surface area contributed by atoms with Crippen LogP contribution in [0.2, 0.25) is 0 Å². The minimum absolute atomic E-state index is 0.0880. The Morgan fingerprint density at radius 2 is 1.88 bits per heavy atom. The maximum atomic E-state index is 13.1. The van der Waals surface area contributed by atoms with Crippen LogP contribution in [0, 0.1) is 0 Å². The lowest BCUT2D eigenvalue weighted by molar-refractivity contribution is -0.274. The summed E-state index contributed by atoms with van der Waals surface area (Å²) in [5.41, 5.74) is 0.355.